The molecular formula is C23H42O4. The fourth-order valence-electron chi connectivity index (χ4n) is 4.65. The van der Waals surface area contributed by atoms with Gasteiger partial charge in [-0.1, -0.05) is 78.1 Å². The first-order valence-electron chi connectivity index (χ1n) is 11.4. The molecule has 1 aliphatic carbocycles. The number of carboxylic acid groups (broad SMARTS) is 2. The molecule has 0 aromatic rings. The van der Waals surface area contributed by atoms with E-state index in [4.69, 9.17) is 5.11 Å². The number of carboxylic acids is 2. The summed E-state index contributed by atoms with van der Waals surface area (Å²) in [4.78, 5) is 22.2. The predicted molar refractivity (Wildman–Crippen MR) is 110 cm³/mol. The lowest BCUT2D eigenvalue weighted by Crippen LogP contribution is -2.29. The van der Waals surface area contributed by atoms with Gasteiger partial charge in [0, 0.05) is 6.42 Å². The number of hydrogen-bond acceptors (Lipinski definition) is 2. The van der Waals surface area contributed by atoms with E-state index < -0.39 is 11.9 Å². The quantitative estimate of drug-likeness (QED) is 0.260. The summed E-state index contributed by atoms with van der Waals surface area (Å²) in [5.41, 5.74) is 0.257. The maximum atomic E-state index is 11.6. The van der Waals surface area contributed by atoms with Crippen molar-refractivity contribution in [3.63, 3.8) is 0 Å². The maximum absolute atomic E-state index is 11.6. The molecule has 4 heteroatoms. The Labute approximate surface area is 166 Å². The van der Waals surface area contributed by atoms with Crippen molar-refractivity contribution >= 4 is 11.9 Å². The van der Waals surface area contributed by atoms with Gasteiger partial charge in [-0.15, -0.1) is 0 Å². The molecular weight excluding hydrogens is 340 g/mol. The lowest BCUT2D eigenvalue weighted by molar-refractivity contribution is -0.144. The molecule has 1 aliphatic rings. The van der Waals surface area contributed by atoms with Gasteiger partial charge in [0.25, 0.3) is 0 Å². The second-order valence-corrected chi connectivity index (χ2v) is 8.81. The molecule has 0 radical (unpaired) electrons. The van der Waals surface area contributed by atoms with Crippen LogP contribution in [0.2, 0.25) is 0 Å². The third-order valence-corrected chi connectivity index (χ3v) is 6.61. The van der Waals surface area contributed by atoms with Crippen molar-refractivity contribution in [3.8, 4) is 0 Å². The SMILES string of the molecule is CCCCCCCCCC(C(C)C(=O)O)C1(CCCCCCC(=O)O)CC1. The van der Waals surface area contributed by atoms with Gasteiger partial charge in [-0.3, -0.25) is 9.59 Å². The number of unbranched alkanes of at least 4 members (excludes halogenated alkanes) is 9. The van der Waals surface area contributed by atoms with Gasteiger partial charge in [0.1, 0.15) is 0 Å². The molecule has 4 nitrogen and oxygen atoms in total. The van der Waals surface area contributed by atoms with Gasteiger partial charge in [0.05, 0.1) is 5.92 Å². The zero-order valence-electron chi connectivity index (χ0n) is 17.7. The molecule has 0 bridgehead atoms. The second-order valence-electron chi connectivity index (χ2n) is 8.81. The molecule has 2 unspecified atom stereocenters. The molecule has 27 heavy (non-hydrogen) atoms. The highest BCUT2D eigenvalue weighted by Crippen LogP contribution is 2.59. The van der Waals surface area contributed by atoms with Crippen molar-refractivity contribution in [3.05, 3.63) is 0 Å². The molecule has 1 rings (SSSR count). The van der Waals surface area contributed by atoms with Crippen molar-refractivity contribution in [2.45, 2.75) is 117 Å². The van der Waals surface area contributed by atoms with E-state index >= 15 is 0 Å². The molecule has 0 saturated heterocycles. The summed E-state index contributed by atoms with van der Waals surface area (Å²) in [6.45, 7) is 4.14. The van der Waals surface area contributed by atoms with E-state index in [0.717, 1.165) is 44.9 Å². The molecule has 0 aliphatic heterocycles. The molecule has 1 saturated carbocycles. The fourth-order valence-corrected chi connectivity index (χ4v) is 4.65. The Morgan fingerprint density at radius 3 is 1.96 bits per heavy atom. The molecule has 0 heterocycles. The normalized spacial score (nSPS) is 17.4. The van der Waals surface area contributed by atoms with Gasteiger partial charge >= 0.3 is 11.9 Å². The summed E-state index contributed by atoms with van der Waals surface area (Å²) in [6, 6.07) is 0. The minimum Gasteiger partial charge on any atom is -0.481 e. The van der Waals surface area contributed by atoms with E-state index in [1.54, 1.807) is 0 Å². The van der Waals surface area contributed by atoms with Crippen LogP contribution in [-0.4, -0.2) is 22.2 Å². The summed E-state index contributed by atoms with van der Waals surface area (Å²) >= 11 is 0. The molecule has 0 aromatic heterocycles. The Bertz CT molecular complexity index is 428. The van der Waals surface area contributed by atoms with Crippen LogP contribution in [0.1, 0.15) is 117 Å². The number of hydrogen-bond donors (Lipinski definition) is 2. The second kappa shape index (κ2) is 13.2. The standard InChI is InChI=1S/C23H42O4/c1-3-4-5-6-7-8-11-14-20(19(2)22(26)27)23(17-18-23)16-13-10-9-12-15-21(24)25/h19-20H,3-18H2,1-2H3,(H,24,25)(H,26,27). The van der Waals surface area contributed by atoms with Crippen LogP contribution in [-0.2, 0) is 9.59 Å². The Morgan fingerprint density at radius 2 is 1.41 bits per heavy atom. The third-order valence-electron chi connectivity index (χ3n) is 6.61. The molecule has 158 valence electrons. The fraction of sp³-hybridized carbons (Fsp3) is 0.913. The minimum atomic E-state index is -0.710. The lowest BCUT2D eigenvalue weighted by atomic mass is 9.74. The van der Waals surface area contributed by atoms with Gasteiger partial charge in [-0.2, -0.15) is 0 Å². The Kier molecular flexibility index (Phi) is 11.7. The van der Waals surface area contributed by atoms with Crippen LogP contribution in [0.4, 0.5) is 0 Å². The van der Waals surface area contributed by atoms with Crippen LogP contribution < -0.4 is 0 Å². The molecule has 0 spiro atoms. The van der Waals surface area contributed by atoms with E-state index in [0.29, 0.717) is 5.92 Å². The van der Waals surface area contributed by atoms with Gasteiger partial charge in [-0.25, -0.2) is 0 Å². The molecule has 0 aromatic carbocycles. The van der Waals surface area contributed by atoms with Crippen molar-refractivity contribution in [1.82, 2.24) is 0 Å². The summed E-state index contributed by atoms with van der Waals surface area (Å²) in [7, 11) is 0. The topological polar surface area (TPSA) is 74.6 Å². The first kappa shape index (κ1) is 24.0. The molecule has 1 fully saturated rings. The maximum Gasteiger partial charge on any atom is 0.306 e. The van der Waals surface area contributed by atoms with E-state index in [2.05, 4.69) is 6.92 Å². The van der Waals surface area contributed by atoms with Gasteiger partial charge in [0.2, 0.25) is 0 Å². The average Bonchev–Trinajstić information content (AvgIpc) is 3.40. The van der Waals surface area contributed by atoms with Gasteiger partial charge in [-0.05, 0) is 43.4 Å². The monoisotopic (exact) mass is 382 g/mol. The van der Waals surface area contributed by atoms with Crippen LogP contribution in [0.25, 0.3) is 0 Å². The Balaban J connectivity index is 2.36. The highest BCUT2D eigenvalue weighted by Gasteiger charge is 2.50. The van der Waals surface area contributed by atoms with Crippen molar-refractivity contribution in [1.29, 1.82) is 0 Å². The van der Waals surface area contributed by atoms with Gasteiger partial charge in [0.15, 0.2) is 0 Å². The molecule has 2 N–H and O–H groups in total. The first-order valence-corrected chi connectivity index (χ1v) is 11.4. The number of rotatable bonds is 18. The highest BCUT2D eigenvalue weighted by atomic mass is 16.4. The van der Waals surface area contributed by atoms with Gasteiger partial charge < -0.3 is 10.2 Å². The number of aliphatic carboxylic acids is 2. The zero-order valence-corrected chi connectivity index (χ0v) is 17.7. The largest absolute Gasteiger partial charge is 0.481 e. The summed E-state index contributed by atoms with van der Waals surface area (Å²) in [5, 5.41) is 18.3. The van der Waals surface area contributed by atoms with Crippen molar-refractivity contribution in [2.24, 2.45) is 17.3 Å². The average molecular weight is 383 g/mol. The van der Waals surface area contributed by atoms with E-state index in [9.17, 15) is 14.7 Å². The predicted octanol–water partition coefficient (Wildman–Crippen LogP) is 6.67. The zero-order chi connectivity index (χ0) is 20.1. The van der Waals surface area contributed by atoms with E-state index in [-0.39, 0.29) is 17.8 Å². The Morgan fingerprint density at radius 1 is 0.852 bits per heavy atom. The van der Waals surface area contributed by atoms with E-state index in [1.807, 2.05) is 6.92 Å². The lowest BCUT2D eigenvalue weighted by Gasteiger charge is -2.30. The minimum absolute atomic E-state index is 0.250. The Hall–Kier alpha value is -1.06. The van der Waals surface area contributed by atoms with Crippen LogP contribution in [0.15, 0.2) is 0 Å². The summed E-state index contributed by atoms with van der Waals surface area (Å²) in [5.74, 6) is -1.29. The molecule has 0 amide bonds. The third kappa shape index (κ3) is 9.62. The number of carbonyl (C=O) groups is 2. The van der Waals surface area contributed by atoms with Crippen LogP contribution in [0.5, 0.6) is 0 Å². The summed E-state index contributed by atoms with van der Waals surface area (Å²) < 4.78 is 0. The first-order chi connectivity index (χ1) is 12.9. The van der Waals surface area contributed by atoms with Crippen LogP contribution in [0, 0.1) is 17.3 Å². The van der Waals surface area contributed by atoms with Crippen LogP contribution >= 0.6 is 0 Å². The molecule has 2 atom stereocenters. The van der Waals surface area contributed by atoms with Crippen LogP contribution in [0.3, 0.4) is 0 Å². The van der Waals surface area contributed by atoms with Crippen molar-refractivity contribution < 1.29 is 19.8 Å². The summed E-state index contributed by atoms with van der Waals surface area (Å²) in [6.07, 6.45) is 17.6. The smallest absolute Gasteiger partial charge is 0.306 e. The highest BCUT2D eigenvalue weighted by molar-refractivity contribution is 5.70. The van der Waals surface area contributed by atoms with Crippen molar-refractivity contribution in [2.75, 3.05) is 0 Å². The van der Waals surface area contributed by atoms with E-state index in [1.165, 1.54) is 51.4 Å².